The molecule has 0 aliphatic rings. The normalized spacial score (nSPS) is 12.2. The van der Waals surface area contributed by atoms with Crippen LogP contribution in [0.25, 0.3) is 0 Å². The summed E-state index contributed by atoms with van der Waals surface area (Å²) in [6.07, 6.45) is -5.35. The Labute approximate surface area is 137 Å². The van der Waals surface area contributed by atoms with Crippen LogP contribution in [0.3, 0.4) is 0 Å². The lowest BCUT2D eigenvalue weighted by molar-refractivity contribution is -0.136. The molecule has 0 spiro atoms. The van der Waals surface area contributed by atoms with E-state index in [0.29, 0.717) is 15.4 Å². The molecule has 2 amide bonds. The smallest absolute Gasteiger partial charge is 0.341 e. The topological polar surface area (TPSA) is 49.4 Å². The average Bonchev–Trinajstić information content (AvgIpc) is 2.74. The van der Waals surface area contributed by atoms with Crippen LogP contribution in [0.15, 0.2) is 6.07 Å². The van der Waals surface area contributed by atoms with E-state index in [9.17, 15) is 22.8 Å². The van der Waals surface area contributed by atoms with Crippen molar-refractivity contribution in [3.8, 4) is 0 Å². The molecule has 0 bridgehead atoms. The van der Waals surface area contributed by atoms with Crippen molar-refractivity contribution < 1.29 is 22.8 Å². The van der Waals surface area contributed by atoms with Crippen LogP contribution in [0.4, 0.5) is 18.2 Å². The number of nitrogens with zero attached hydrogens (tertiary/aromatic N) is 1. The number of aryl methyl sites for hydroxylation is 1. The summed E-state index contributed by atoms with van der Waals surface area (Å²) in [7, 11) is 1.33. The molecule has 0 atom stereocenters. The zero-order chi connectivity index (χ0) is 18.0. The first-order valence-electron chi connectivity index (χ1n) is 7.05. The number of nitrogens with one attached hydrogen (secondary N) is 1. The van der Waals surface area contributed by atoms with Crippen molar-refractivity contribution in [3.63, 3.8) is 0 Å². The number of halogens is 3. The number of amides is 2. The Kier molecular flexibility index (Phi) is 5.84. The SMILES string of the molecule is Cc1cc(NC(=O)C(C)(C)C)sc1C(=O)N(C)CCC(F)(F)F. The molecule has 1 rings (SSSR count). The number of carbonyl (C=O) groups is 2. The molecule has 0 unspecified atom stereocenters. The molecule has 23 heavy (non-hydrogen) atoms. The lowest BCUT2D eigenvalue weighted by Crippen LogP contribution is -2.30. The molecule has 130 valence electrons. The highest BCUT2D eigenvalue weighted by Crippen LogP contribution is 2.29. The predicted molar refractivity (Wildman–Crippen MR) is 84.8 cm³/mol. The Morgan fingerprint density at radius 2 is 1.83 bits per heavy atom. The van der Waals surface area contributed by atoms with Gasteiger partial charge in [0.15, 0.2) is 0 Å². The van der Waals surface area contributed by atoms with Crippen LogP contribution in [0.1, 0.15) is 42.4 Å². The van der Waals surface area contributed by atoms with Crippen molar-refractivity contribution in [3.05, 3.63) is 16.5 Å². The van der Waals surface area contributed by atoms with E-state index in [-0.39, 0.29) is 5.91 Å². The third kappa shape index (κ3) is 5.85. The van der Waals surface area contributed by atoms with Gasteiger partial charge in [-0.25, -0.2) is 0 Å². The van der Waals surface area contributed by atoms with Gasteiger partial charge in [0, 0.05) is 19.0 Å². The lowest BCUT2D eigenvalue weighted by atomic mass is 9.96. The van der Waals surface area contributed by atoms with Gasteiger partial charge in [0.25, 0.3) is 5.91 Å². The summed E-state index contributed by atoms with van der Waals surface area (Å²) in [6.45, 7) is 6.58. The Morgan fingerprint density at radius 3 is 2.30 bits per heavy atom. The van der Waals surface area contributed by atoms with Crippen LogP contribution in [-0.4, -0.2) is 36.5 Å². The van der Waals surface area contributed by atoms with Crippen molar-refractivity contribution in [2.75, 3.05) is 18.9 Å². The number of anilines is 1. The van der Waals surface area contributed by atoms with Gasteiger partial charge in [-0.1, -0.05) is 20.8 Å². The van der Waals surface area contributed by atoms with E-state index < -0.39 is 30.5 Å². The van der Waals surface area contributed by atoms with Crippen LogP contribution < -0.4 is 5.32 Å². The maximum absolute atomic E-state index is 12.2. The second-order valence-electron chi connectivity index (χ2n) is 6.42. The van der Waals surface area contributed by atoms with E-state index in [4.69, 9.17) is 0 Å². The van der Waals surface area contributed by atoms with Gasteiger partial charge in [0.2, 0.25) is 5.91 Å². The third-order valence-corrected chi connectivity index (χ3v) is 4.25. The fraction of sp³-hybridized carbons (Fsp3) is 0.600. The van der Waals surface area contributed by atoms with E-state index in [0.717, 1.165) is 16.2 Å². The van der Waals surface area contributed by atoms with Gasteiger partial charge in [0.05, 0.1) is 16.3 Å². The van der Waals surface area contributed by atoms with Gasteiger partial charge in [-0.2, -0.15) is 13.2 Å². The van der Waals surface area contributed by atoms with E-state index >= 15 is 0 Å². The zero-order valence-corrected chi connectivity index (χ0v) is 14.6. The summed E-state index contributed by atoms with van der Waals surface area (Å²) in [5.41, 5.74) is 0.0500. The molecule has 1 aromatic heterocycles. The summed E-state index contributed by atoms with van der Waals surface area (Å²) >= 11 is 1.07. The van der Waals surface area contributed by atoms with Crippen molar-refractivity contribution in [1.29, 1.82) is 0 Å². The molecule has 0 aliphatic heterocycles. The Morgan fingerprint density at radius 1 is 1.26 bits per heavy atom. The maximum Gasteiger partial charge on any atom is 0.390 e. The number of alkyl halides is 3. The zero-order valence-electron chi connectivity index (χ0n) is 13.8. The fourth-order valence-electron chi connectivity index (χ4n) is 1.62. The van der Waals surface area contributed by atoms with Crippen molar-refractivity contribution in [1.82, 2.24) is 4.90 Å². The van der Waals surface area contributed by atoms with Crippen LogP contribution in [-0.2, 0) is 4.79 Å². The summed E-state index contributed by atoms with van der Waals surface area (Å²) in [5.74, 6) is -0.670. The average molecular weight is 350 g/mol. The molecule has 1 heterocycles. The predicted octanol–water partition coefficient (Wildman–Crippen LogP) is 4.07. The van der Waals surface area contributed by atoms with Crippen LogP contribution in [0, 0.1) is 12.3 Å². The monoisotopic (exact) mass is 350 g/mol. The van der Waals surface area contributed by atoms with Gasteiger partial charge in [-0.3, -0.25) is 9.59 Å². The molecule has 0 aromatic carbocycles. The molecule has 1 aromatic rings. The Hall–Kier alpha value is -1.57. The van der Waals surface area contributed by atoms with Crippen molar-refractivity contribution in [2.45, 2.75) is 40.3 Å². The minimum atomic E-state index is -4.30. The first kappa shape index (κ1) is 19.5. The molecular weight excluding hydrogens is 329 g/mol. The van der Waals surface area contributed by atoms with Gasteiger partial charge in [-0.15, -0.1) is 11.3 Å². The largest absolute Gasteiger partial charge is 0.390 e. The van der Waals surface area contributed by atoms with Gasteiger partial charge < -0.3 is 10.2 Å². The minimum absolute atomic E-state index is 0.192. The van der Waals surface area contributed by atoms with Gasteiger partial charge >= 0.3 is 6.18 Å². The number of carbonyl (C=O) groups excluding carboxylic acids is 2. The second kappa shape index (κ2) is 6.90. The Bertz CT molecular complexity index is 589. The van der Waals surface area contributed by atoms with Gasteiger partial charge in [-0.05, 0) is 18.6 Å². The van der Waals surface area contributed by atoms with E-state index in [1.807, 2.05) is 0 Å². The van der Waals surface area contributed by atoms with Crippen molar-refractivity contribution in [2.24, 2.45) is 5.41 Å². The highest BCUT2D eigenvalue weighted by atomic mass is 32.1. The number of hydrogen-bond donors (Lipinski definition) is 1. The molecule has 0 aliphatic carbocycles. The van der Waals surface area contributed by atoms with Crippen LogP contribution in [0.5, 0.6) is 0 Å². The molecule has 0 saturated heterocycles. The number of rotatable bonds is 4. The van der Waals surface area contributed by atoms with E-state index in [1.54, 1.807) is 33.8 Å². The standard InChI is InChI=1S/C15H21F3N2O2S/c1-9-8-10(19-13(22)14(2,3)4)23-11(9)12(21)20(5)7-6-15(16,17)18/h8H,6-7H2,1-5H3,(H,19,22). The summed E-state index contributed by atoms with van der Waals surface area (Å²) < 4.78 is 36.7. The number of thiophene rings is 1. The molecule has 1 N–H and O–H groups in total. The molecule has 4 nitrogen and oxygen atoms in total. The highest BCUT2D eigenvalue weighted by Gasteiger charge is 2.29. The highest BCUT2D eigenvalue weighted by molar-refractivity contribution is 7.18. The van der Waals surface area contributed by atoms with E-state index in [2.05, 4.69) is 5.32 Å². The third-order valence-electron chi connectivity index (χ3n) is 3.11. The molecular formula is C15H21F3N2O2S. The van der Waals surface area contributed by atoms with Crippen molar-refractivity contribution >= 4 is 28.2 Å². The summed E-state index contributed by atoms with van der Waals surface area (Å²) in [5, 5.41) is 3.23. The lowest BCUT2D eigenvalue weighted by Gasteiger charge is -2.18. The van der Waals surface area contributed by atoms with E-state index in [1.165, 1.54) is 7.05 Å². The maximum atomic E-state index is 12.2. The Balaban J connectivity index is 2.81. The molecule has 0 radical (unpaired) electrons. The molecule has 0 saturated carbocycles. The minimum Gasteiger partial charge on any atom is -0.341 e. The number of hydrogen-bond acceptors (Lipinski definition) is 3. The molecule has 8 heteroatoms. The summed E-state index contributed by atoms with van der Waals surface area (Å²) in [4.78, 5) is 25.6. The van der Waals surface area contributed by atoms with Gasteiger partial charge in [0.1, 0.15) is 0 Å². The first-order valence-corrected chi connectivity index (χ1v) is 7.87. The first-order chi connectivity index (χ1) is 10.3. The second-order valence-corrected chi connectivity index (χ2v) is 7.47. The molecule has 0 fully saturated rings. The quantitative estimate of drug-likeness (QED) is 0.890. The fourth-order valence-corrected chi connectivity index (χ4v) is 2.69. The summed E-state index contributed by atoms with van der Waals surface area (Å²) in [6, 6.07) is 1.65. The van der Waals surface area contributed by atoms with Crippen LogP contribution >= 0.6 is 11.3 Å². The van der Waals surface area contributed by atoms with Crippen LogP contribution in [0.2, 0.25) is 0 Å².